The van der Waals surface area contributed by atoms with Crippen LogP contribution in [0.2, 0.25) is 5.15 Å². The molecule has 0 aromatic carbocycles. The number of rotatable bonds is 3. The number of alkyl halides is 2. The molecular formula is C8H7ClF2N2O. The van der Waals surface area contributed by atoms with Crippen LogP contribution < -0.4 is 5.73 Å². The van der Waals surface area contributed by atoms with Crippen molar-refractivity contribution in [3.63, 3.8) is 0 Å². The molecule has 0 spiro atoms. The molecule has 0 aliphatic rings. The lowest BCUT2D eigenvalue weighted by atomic mass is 10.1. The molecule has 14 heavy (non-hydrogen) atoms. The van der Waals surface area contributed by atoms with E-state index in [-0.39, 0.29) is 28.5 Å². The Kier molecular flexibility index (Phi) is 3.49. The molecule has 2 N–H and O–H groups in total. The largest absolute Gasteiger partial charge is 0.326 e. The Morgan fingerprint density at radius 3 is 2.71 bits per heavy atom. The normalized spacial score (nSPS) is 10.6. The Bertz CT molecular complexity index is 357. The van der Waals surface area contributed by atoms with Gasteiger partial charge in [0, 0.05) is 17.7 Å². The highest BCUT2D eigenvalue weighted by Gasteiger charge is 2.17. The molecule has 0 amide bonds. The van der Waals surface area contributed by atoms with E-state index < -0.39 is 6.43 Å². The number of pyridine rings is 1. The summed E-state index contributed by atoms with van der Waals surface area (Å²) in [5, 5.41) is -0.146. The summed E-state index contributed by atoms with van der Waals surface area (Å²) in [6.45, 7) is -0.134. The molecule has 6 heteroatoms. The molecular weight excluding hydrogens is 214 g/mol. The van der Waals surface area contributed by atoms with Crippen molar-refractivity contribution >= 4 is 17.9 Å². The second-order valence-corrected chi connectivity index (χ2v) is 2.89. The molecule has 1 heterocycles. The number of hydrogen-bond donors (Lipinski definition) is 1. The molecule has 0 saturated heterocycles. The standard InChI is InChI=1S/C8H7ClF2N2O/c9-7-6(2-12)5(8(10)11)1-4(3-14)13-7/h1,3,8H,2,12H2. The Morgan fingerprint density at radius 1 is 1.64 bits per heavy atom. The summed E-state index contributed by atoms with van der Waals surface area (Å²) < 4.78 is 24.9. The van der Waals surface area contributed by atoms with Gasteiger partial charge in [-0.25, -0.2) is 13.8 Å². The van der Waals surface area contributed by atoms with E-state index in [1.165, 1.54) is 0 Å². The minimum atomic E-state index is -2.72. The van der Waals surface area contributed by atoms with Gasteiger partial charge in [-0.05, 0) is 6.07 Å². The van der Waals surface area contributed by atoms with Gasteiger partial charge >= 0.3 is 0 Å². The van der Waals surface area contributed by atoms with E-state index in [0.29, 0.717) is 6.29 Å². The molecule has 0 saturated carbocycles. The van der Waals surface area contributed by atoms with Crippen LogP contribution in [0.15, 0.2) is 6.07 Å². The van der Waals surface area contributed by atoms with Crippen molar-refractivity contribution in [2.24, 2.45) is 5.73 Å². The zero-order valence-electron chi connectivity index (χ0n) is 7.01. The number of aromatic nitrogens is 1. The maximum absolute atomic E-state index is 12.5. The van der Waals surface area contributed by atoms with E-state index in [1.54, 1.807) is 0 Å². The van der Waals surface area contributed by atoms with Crippen LogP contribution in [0.3, 0.4) is 0 Å². The second-order valence-electron chi connectivity index (χ2n) is 2.53. The fourth-order valence-electron chi connectivity index (χ4n) is 1.04. The maximum atomic E-state index is 12.5. The zero-order chi connectivity index (χ0) is 10.7. The summed E-state index contributed by atoms with van der Waals surface area (Å²) in [5.74, 6) is 0. The van der Waals surface area contributed by atoms with Crippen LogP contribution in [0.4, 0.5) is 8.78 Å². The average Bonchev–Trinajstić information content (AvgIpc) is 2.16. The maximum Gasteiger partial charge on any atom is 0.264 e. The van der Waals surface area contributed by atoms with Crippen LogP contribution in [0.5, 0.6) is 0 Å². The molecule has 1 aromatic heterocycles. The number of carbonyl (C=O) groups is 1. The van der Waals surface area contributed by atoms with Gasteiger partial charge in [-0.2, -0.15) is 0 Å². The van der Waals surface area contributed by atoms with Crippen molar-refractivity contribution in [1.82, 2.24) is 4.98 Å². The number of aldehydes is 1. The van der Waals surface area contributed by atoms with Crippen molar-refractivity contribution in [2.45, 2.75) is 13.0 Å². The lowest BCUT2D eigenvalue weighted by Crippen LogP contribution is -2.06. The number of halogens is 3. The molecule has 3 nitrogen and oxygen atoms in total. The lowest BCUT2D eigenvalue weighted by Gasteiger charge is -2.08. The highest BCUT2D eigenvalue weighted by Crippen LogP contribution is 2.27. The molecule has 76 valence electrons. The van der Waals surface area contributed by atoms with Crippen LogP contribution in [0.1, 0.15) is 28.0 Å². The molecule has 1 aromatic rings. The van der Waals surface area contributed by atoms with E-state index in [1.807, 2.05) is 0 Å². The predicted molar refractivity (Wildman–Crippen MR) is 47.5 cm³/mol. The van der Waals surface area contributed by atoms with Gasteiger partial charge in [0.1, 0.15) is 10.8 Å². The van der Waals surface area contributed by atoms with Gasteiger partial charge in [0.05, 0.1) is 0 Å². The van der Waals surface area contributed by atoms with Gasteiger partial charge in [0.15, 0.2) is 6.29 Å². The fourth-order valence-corrected chi connectivity index (χ4v) is 1.32. The minimum Gasteiger partial charge on any atom is -0.326 e. The first-order valence-corrected chi connectivity index (χ1v) is 4.10. The summed E-state index contributed by atoms with van der Waals surface area (Å²) >= 11 is 5.57. The van der Waals surface area contributed by atoms with E-state index in [2.05, 4.69) is 4.98 Å². The van der Waals surface area contributed by atoms with Gasteiger partial charge in [-0.15, -0.1) is 0 Å². The molecule has 0 atom stereocenters. The van der Waals surface area contributed by atoms with Gasteiger partial charge in [0.25, 0.3) is 6.43 Å². The minimum absolute atomic E-state index is 0.0762. The summed E-state index contributed by atoms with van der Waals surface area (Å²) in [6.07, 6.45) is -2.36. The van der Waals surface area contributed by atoms with Gasteiger partial charge in [-0.1, -0.05) is 11.6 Å². The molecule has 1 rings (SSSR count). The monoisotopic (exact) mass is 220 g/mol. The van der Waals surface area contributed by atoms with Crippen molar-refractivity contribution in [1.29, 1.82) is 0 Å². The van der Waals surface area contributed by atoms with Crippen LogP contribution in [-0.4, -0.2) is 11.3 Å². The molecule has 0 unspecified atom stereocenters. The average molecular weight is 221 g/mol. The SMILES string of the molecule is NCc1c(C(F)F)cc(C=O)nc1Cl. The number of nitrogens with two attached hydrogens (primary N) is 1. The number of carbonyl (C=O) groups excluding carboxylic acids is 1. The molecule has 0 fully saturated rings. The quantitative estimate of drug-likeness (QED) is 0.626. The predicted octanol–water partition coefficient (Wildman–Crippen LogP) is 1.94. The lowest BCUT2D eigenvalue weighted by molar-refractivity contribution is 0.111. The molecule has 0 radical (unpaired) electrons. The molecule has 0 aliphatic heterocycles. The number of nitrogens with zero attached hydrogens (tertiary/aromatic N) is 1. The zero-order valence-corrected chi connectivity index (χ0v) is 7.76. The van der Waals surface area contributed by atoms with E-state index in [0.717, 1.165) is 6.07 Å². The van der Waals surface area contributed by atoms with Crippen molar-refractivity contribution in [2.75, 3.05) is 0 Å². The van der Waals surface area contributed by atoms with Gasteiger partial charge in [-0.3, -0.25) is 4.79 Å². The highest BCUT2D eigenvalue weighted by molar-refractivity contribution is 6.30. The van der Waals surface area contributed by atoms with Crippen LogP contribution >= 0.6 is 11.6 Å². The first kappa shape index (κ1) is 11.0. The smallest absolute Gasteiger partial charge is 0.264 e. The topological polar surface area (TPSA) is 56.0 Å². The summed E-state index contributed by atoms with van der Waals surface area (Å²) in [7, 11) is 0. The third kappa shape index (κ3) is 2.05. The molecule has 0 bridgehead atoms. The van der Waals surface area contributed by atoms with Gasteiger partial charge in [0.2, 0.25) is 0 Å². The third-order valence-corrected chi connectivity index (χ3v) is 2.00. The highest BCUT2D eigenvalue weighted by atomic mass is 35.5. The fraction of sp³-hybridized carbons (Fsp3) is 0.250. The first-order valence-electron chi connectivity index (χ1n) is 3.72. The van der Waals surface area contributed by atoms with Gasteiger partial charge < -0.3 is 5.73 Å². The second kappa shape index (κ2) is 4.43. The van der Waals surface area contributed by atoms with Crippen molar-refractivity contribution < 1.29 is 13.6 Å². The van der Waals surface area contributed by atoms with E-state index in [9.17, 15) is 13.6 Å². The first-order chi connectivity index (χ1) is 6.60. The van der Waals surface area contributed by atoms with Crippen molar-refractivity contribution in [3.05, 3.63) is 28.0 Å². The molecule has 0 aliphatic carbocycles. The number of hydrogen-bond acceptors (Lipinski definition) is 3. The van der Waals surface area contributed by atoms with Crippen LogP contribution in [0, 0.1) is 0 Å². The Hall–Kier alpha value is -1.07. The van der Waals surface area contributed by atoms with E-state index in [4.69, 9.17) is 17.3 Å². The van der Waals surface area contributed by atoms with Crippen LogP contribution in [-0.2, 0) is 6.54 Å². The summed E-state index contributed by atoms with van der Waals surface area (Å²) in [4.78, 5) is 13.9. The summed E-state index contributed by atoms with van der Waals surface area (Å²) in [5.41, 5.74) is 4.85. The van der Waals surface area contributed by atoms with Crippen molar-refractivity contribution in [3.8, 4) is 0 Å². The van der Waals surface area contributed by atoms with Crippen LogP contribution in [0.25, 0.3) is 0 Å². The Balaban J connectivity index is 3.35. The summed E-state index contributed by atoms with van der Waals surface area (Å²) in [6, 6.07) is 0.992. The Labute approximate surface area is 83.9 Å². The Morgan fingerprint density at radius 2 is 2.29 bits per heavy atom. The van der Waals surface area contributed by atoms with E-state index >= 15 is 0 Å². The third-order valence-electron chi connectivity index (χ3n) is 1.69.